The summed E-state index contributed by atoms with van der Waals surface area (Å²) in [5, 5.41) is 0. The molecule has 0 spiro atoms. The number of hydrogen-bond acceptors (Lipinski definition) is 3. The lowest BCUT2D eigenvalue weighted by atomic mass is 9.91. The molecule has 0 amide bonds. The van der Waals surface area contributed by atoms with Crippen molar-refractivity contribution >= 4 is 17.7 Å². The van der Waals surface area contributed by atoms with Crippen LogP contribution in [0.25, 0.3) is 0 Å². The number of esters is 1. The fraction of sp³-hybridized carbons (Fsp3) is 0.533. The van der Waals surface area contributed by atoms with Crippen LogP contribution in [0.2, 0.25) is 0 Å². The average Bonchev–Trinajstić information content (AvgIpc) is 3.10. The van der Waals surface area contributed by atoms with Crippen molar-refractivity contribution in [2.75, 3.05) is 12.9 Å². The van der Waals surface area contributed by atoms with Gasteiger partial charge in [-0.15, -0.1) is 11.8 Å². The van der Waals surface area contributed by atoms with E-state index in [2.05, 4.69) is 25.1 Å². The van der Waals surface area contributed by atoms with Crippen molar-refractivity contribution in [2.45, 2.75) is 36.5 Å². The fourth-order valence-corrected chi connectivity index (χ4v) is 4.07. The minimum Gasteiger partial charge on any atom is -0.468 e. The highest BCUT2D eigenvalue weighted by atomic mass is 32.2. The quantitative estimate of drug-likeness (QED) is 0.766. The van der Waals surface area contributed by atoms with Crippen LogP contribution in [0.1, 0.15) is 30.9 Å². The summed E-state index contributed by atoms with van der Waals surface area (Å²) in [6.07, 6.45) is 3.30. The summed E-state index contributed by atoms with van der Waals surface area (Å²) in [5.41, 5.74) is 2.21. The zero-order chi connectivity index (χ0) is 12.8. The van der Waals surface area contributed by atoms with E-state index < -0.39 is 0 Å². The summed E-state index contributed by atoms with van der Waals surface area (Å²) in [5.74, 6) is 1.54. The van der Waals surface area contributed by atoms with Crippen LogP contribution in [-0.2, 0) is 21.4 Å². The molecule has 2 unspecified atom stereocenters. The van der Waals surface area contributed by atoms with Crippen LogP contribution in [-0.4, -0.2) is 18.8 Å². The van der Waals surface area contributed by atoms with Crippen molar-refractivity contribution in [3.8, 4) is 0 Å². The number of hydrogen-bond donors (Lipinski definition) is 0. The predicted molar refractivity (Wildman–Crippen MR) is 73.0 cm³/mol. The van der Waals surface area contributed by atoms with Gasteiger partial charge < -0.3 is 4.74 Å². The van der Waals surface area contributed by atoms with Crippen molar-refractivity contribution in [3.05, 3.63) is 29.3 Å². The lowest BCUT2D eigenvalue weighted by Crippen LogP contribution is -2.24. The van der Waals surface area contributed by atoms with E-state index in [-0.39, 0.29) is 11.4 Å². The van der Waals surface area contributed by atoms with E-state index in [0.717, 1.165) is 18.4 Å². The Morgan fingerprint density at radius 3 is 2.94 bits per heavy atom. The molecule has 3 heteroatoms. The molecule has 3 rings (SSSR count). The summed E-state index contributed by atoms with van der Waals surface area (Å²) in [6, 6.07) is 6.55. The van der Waals surface area contributed by atoms with Gasteiger partial charge in [-0.1, -0.05) is 19.1 Å². The average molecular weight is 262 g/mol. The molecule has 0 bridgehead atoms. The number of benzene rings is 1. The topological polar surface area (TPSA) is 26.3 Å². The number of thioether (sulfide) groups is 1. The molecule has 0 N–H and O–H groups in total. The molecule has 1 aliphatic heterocycles. The van der Waals surface area contributed by atoms with Crippen molar-refractivity contribution < 1.29 is 9.53 Å². The van der Waals surface area contributed by atoms with Crippen molar-refractivity contribution in [2.24, 2.45) is 5.92 Å². The molecule has 0 radical (unpaired) electrons. The Labute approximate surface area is 112 Å². The third kappa shape index (κ3) is 1.68. The van der Waals surface area contributed by atoms with E-state index >= 15 is 0 Å². The maximum absolute atomic E-state index is 12.0. The second-order valence-electron chi connectivity index (χ2n) is 5.34. The zero-order valence-electron chi connectivity index (χ0n) is 10.9. The molecule has 0 saturated heterocycles. The number of rotatable bonds is 2. The van der Waals surface area contributed by atoms with Gasteiger partial charge in [0.05, 0.1) is 12.5 Å². The minimum atomic E-state index is -0.355. The molecule has 1 aromatic carbocycles. The second-order valence-corrected chi connectivity index (χ2v) is 6.48. The van der Waals surface area contributed by atoms with Crippen LogP contribution in [0.15, 0.2) is 23.1 Å². The van der Waals surface area contributed by atoms with E-state index in [0.29, 0.717) is 5.92 Å². The van der Waals surface area contributed by atoms with Crippen molar-refractivity contribution in [3.63, 3.8) is 0 Å². The van der Waals surface area contributed by atoms with Gasteiger partial charge in [0.2, 0.25) is 0 Å². The Morgan fingerprint density at radius 1 is 1.50 bits per heavy atom. The first-order valence-corrected chi connectivity index (χ1v) is 7.51. The van der Waals surface area contributed by atoms with Crippen LogP contribution in [0.3, 0.4) is 0 Å². The molecule has 96 valence electrons. The van der Waals surface area contributed by atoms with E-state index in [4.69, 9.17) is 4.74 Å². The van der Waals surface area contributed by atoms with Gasteiger partial charge in [-0.3, -0.25) is 4.79 Å². The van der Waals surface area contributed by atoms with Crippen LogP contribution < -0.4 is 0 Å². The number of fused-ring (bicyclic) bond motifs is 1. The number of carbonyl (C=O) groups is 1. The highest BCUT2D eigenvalue weighted by Crippen LogP contribution is 2.55. The molecule has 1 saturated carbocycles. The van der Waals surface area contributed by atoms with E-state index in [9.17, 15) is 4.79 Å². The van der Waals surface area contributed by atoms with Crippen LogP contribution >= 0.6 is 11.8 Å². The molecule has 2 aliphatic rings. The molecule has 18 heavy (non-hydrogen) atoms. The molecule has 1 aromatic rings. The normalized spacial score (nSPS) is 29.6. The number of aryl methyl sites for hydroxylation is 1. The first-order valence-electron chi connectivity index (χ1n) is 6.53. The lowest BCUT2D eigenvalue weighted by molar-refractivity contribution is -0.144. The highest BCUT2D eigenvalue weighted by molar-refractivity contribution is 7.99. The Balaban J connectivity index is 1.99. The number of ether oxygens (including phenoxy) is 1. The van der Waals surface area contributed by atoms with E-state index in [1.54, 1.807) is 0 Å². The maximum atomic E-state index is 12.0. The van der Waals surface area contributed by atoms with Crippen molar-refractivity contribution in [1.82, 2.24) is 0 Å². The zero-order valence-corrected chi connectivity index (χ0v) is 11.7. The molecular formula is C15H18O2S. The van der Waals surface area contributed by atoms with Gasteiger partial charge >= 0.3 is 5.97 Å². The number of carbonyl (C=O) groups excluding carboxylic acids is 1. The molecule has 1 fully saturated rings. The molecule has 2 atom stereocenters. The highest BCUT2D eigenvalue weighted by Gasteiger charge is 2.59. The summed E-state index contributed by atoms with van der Waals surface area (Å²) in [7, 11) is 1.49. The van der Waals surface area contributed by atoms with Gasteiger partial charge in [-0.25, -0.2) is 0 Å². The standard InChI is InChI=1S/C15H18O2S/c1-10-9-15(10,14(16)17-2)12-5-6-13-11(8-12)4-3-7-18-13/h5-6,8,10H,3-4,7,9H2,1-2H3. The summed E-state index contributed by atoms with van der Waals surface area (Å²) < 4.78 is 5.00. The Bertz CT molecular complexity index is 497. The summed E-state index contributed by atoms with van der Waals surface area (Å²) in [6.45, 7) is 2.13. The fourth-order valence-electron chi connectivity index (χ4n) is 3.05. The van der Waals surface area contributed by atoms with Crippen molar-refractivity contribution in [1.29, 1.82) is 0 Å². The Hall–Kier alpha value is -0.960. The maximum Gasteiger partial charge on any atom is 0.316 e. The van der Waals surface area contributed by atoms with Gasteiger partial charge in [0, 0.05) is 4.90 Å². The summed E-state index contributed by atoms with van der Waals surface area (Å²) >= 11 is 1.93. The smallest absolute Gasteiger partial charge is 0.316 e. The third-order valence-corrected chi connectivity index (χ3v) is 5.48. The molecule has 1 heterocycles. The van der Waals surface area contributed by atoms with Gasteiger partial charge in [-0.2, -0.15) is 0 Å². The molecular weight excluding hydrogens is 244 g/mol. The van der Waals surface area contributed by atoms with Gasteiger partial charge in [-0.05, 0) is 48.1 Å². The van der Waals surface area contributed by atoms with Crippen LogP contribution in [0.4, 0.5) is 0 Å². The Kier molecular flexibility index (Phi) is 2.89. The van der Waals surface area contributed by atoms with E-state index in [1.165, 1.54) is 29.7 Å². The minimum absolute atomic E-state index is 0.0709. The largest absolute Gasteiger partial charge is 0.468 e. The lowest BCUT2D eigenvalue weighted by Gasteiger charge is -2.20. The van der Waals surface area contributed by atoms with E-state index in [1.807, 2.05) is 11.8 Å². The molecule has 2 nitrogen and oxygen atoms in total. The van der Waals surface area contributed by atoms with Gasteiger partial charge in [0.25, 0.3) is 0 Å². The first-order chi connectivity index (χ1) is 8.68. The molecule has 1 aliphatic carbocycles. The van der Waals surface area contributed by atoms with Gasteiger partial charge in [0.1, 0.15) is 0 Å². The molecule has 0 aromatic heterocycles. The Morgan fingerprint density at radius 2 is 2.28 bits per heavy atom. The van der Waals surface area contributed by atoms with Crippen LogP contribution in [0.5, 0.6) is 0 Å². The third-order valence-electron chi connectivity index (χ3n) is 4.28. The monoisotopic (exact) mass is 262 g/mol. The predicted octanol–water partition coefficient (Wildman–Crippen LogP) is 3.18. The summed E-state index contributed by atoms with van der Waals surface area (Å²) in [4.78, 5) is 13.4. The van der Waals surface area contributed by atoms with Crippen LogP contribution in [0, 0.1) is 5.92 Å². The first kappa shape index (κ1) is 12.1. The van der Waals surface area contributed by atoms with Gasteiger partial charge in [0.15, 0.2) is 0 Å². The second kappa shape index (κ2) is 4.30. The number of methoxy groups -OCH3 is 1. The SMILES string of the molecule is COC(=O)C1(c2ccc3c(c2)CCCS3)CC1C.